The van der Waals surface area contributed by atoms with Crippen LogP contribution in [-0.2, 0) is 6.42 Å². The van der Waals surface area contributed by atoms with Gasteiger partial charge in [0.1, 0.15) is 11.3 Å². The molecule has 0 aliphatic carbocycles. The molecule has 0 spiro atoms. The summed E-state index contributed by atoms with van der Waals surface area (Å²) in [6.07, 6.45) is 0.989. The number of anilines is 1. The molecule has 0 saturated carbocycles. The Bertz CT molecular complexity index is 564. The van der Waals surface area contributed by atoms with Gasteiger partial charge in [-0.25, -0.2) is 0 Å². The van der Waals surface area contributed by atoms with E-state index in [1.54, 1.807) is 24.3 Å². The highest BCUT2D eigenvalue weighted by Crippen LogP contribution is 2.15. The fourth-order valence-corrected chi connectivity index (χ4v) is 2.06. The summed E-state index contributed by atoms with van der Waals surface area (Å²) >= 11 is 3.19. The molecule has 20 heavy (non-hydrogen) atoms. The molecule has 0 unspecified atom stereocenters. The van der Waals surface area contributed by atoms with Crippen molar-refractivity contribution < 1.29 is 9.53 Å². The van der Waals surface area contributed by atoms with Gasteiger partial charge in [-0.1, -0.05) is 19.1 Å². The first kappa shape index (κ1) is 14.6. The van der Waals surface area contributed by atoms with Gasteiger partial charge in [0.25, 0.3) is 5.91 Å². The van der Waals surface area contributed by atoms with Crippen molar-refractivity contribution in [2.24, 2.45) is 0 Å². The second kappa shape index (κ2) is 7.10. The Morgan fingerprint density at radius 3 is 2.30 bits per heavy atom. The third-order valence-corrected chi connectivity index (χ3v) is 3.19. The van der Waals surface area contributed by atoms with Crippen molar-refractivity contribution in [1.29, 1.82) is 0 Å². The molecule has 2 aromatic carbocycles. The zero-order chi connectivity index (χ0) is 14.4. The zero-order valence-electron chi connectivity index (χ0n) is 11.2. The molecule has 0 aliphatic rings. The number of halogens is 1. The number of carbonyl (C=O) groups excluding carboxylic acids is 1. The van der Waals surface area contributed by atoms with Crippen molar-refractivity contribution in [2.75, 3.05) is 10.8 Å². The van der Waals surface area contributed by atoms with E-state index in [9.17, 15) is 4.79 Å². The van der Waals surface area contributed by atoms with Gasteiger partial charge in [-0.2, -0.15) is 0 Å². The van der Waals surface area contributed by atoms with Gasteiger partial charge < -0.3 is 10.1 Å². The van der Waals surface area contributed by atoms with Crippen molar-refractivity contribution in [3.8, 4) is 5.75 Å². The number of ether oxygens (including phenoxy) is 1. The van der Waals surface area contributed by atoms with Gasteiger partial charge >= 0.3 is 0 Å². The van der Waals surface area contributed by atoms with E-state index in [1.807, 2.05) is 24.3 Å². The number of nitrogens with one attached hydrogen (secondary N) is 1. The van der Waals surface area contributed by atoms with Crippen LogP contribution in [0.15, 0.2) is 48.5 Å². The number of rotatable bonds is 5. The van der Waals surface area contributed by atoms with Gasteiger partial charge in [0.2, 0.25) is 0 Å². The molecule has 0 aromatic heterocycles. The van der Waals surface area contributed by atoms with Crippen LogP contribution < -0.4 is 10.1 Å². The molecular formula is C16H16BrNO2. The van der Waals surface area contributed by atoms with Crippen LogP contribution >= 0.6 is 15.9 Å². The predicted octanol–water partition coefficient (Wildman–Crippen LogP) is 4.23. The second-order valence-corrected chi connectivity index (χ2v) is 4.74. The van der Waals surface area contributed by atoms with Gasteiger partial charge in [0.15, 0.2) is 0 Å². The van der Waals surface area contributed by atoms with E-state index in [-0.39, 0.29) is 5.91 Å². The molecule has 0 heterocycles. The van der Waals surface area contributed by atoms with Crippen LogP contribution in [0.1, 0.15) is 22.8 Å². The number of aryl methyl sites for hydroxylation is 1. The summed E-state index contributed by atoms with van der Waals surface area (Å²) in [5.41, 5.74) is 3.08. The maximum absolute atomic E-state index is 12.1. The van der Waals surface area contributed by atoms with Crippen LogP contribution in [0.2, 0.25) is 0 Å². The Morgan fingerprint density at radius 1 is 1.10 bits per heavy atom. The molecule has 0 fully saturated rings. The van der Waals surface area contributed by atoms with E-state index < -0.39 is 0 Å². The summed E-state index contributed by atoms with van der Waals surface area (Å²) in [4.78, 5) is 12.1. The average molecular weight is 334 g/mol. The van der Waals surface area contributed by atoms with E-state index in [0.29, 0.717) is 11.1 Å². The Hall–Kier alpha value is -1.81. The molecule has 2 rings (SSSR count). The minimum absolute atomic E-state index is 0.125. The van der Waals surface area contributed by atoms with Gasteiger partial charge in [0.05, 0.1) is 0 Å². The largest absolute Gasteiger partial charge is 0.482 e. The van der Waals surface area contributed by atoms with E-state index in [4.69, 9.17) is 4.74 Å². The third-order valence-electron chi connectivity index (χ3n) is 2.96. The lowest BCUT2D eigenvalue weighted by Gasteiger charge is -2.07. The molecular weight excluding hydrogens is 318 g/mol. The fraction of sp³-hybridized carbons (Fsp3) is 0.188. The Morgan fingerprint density at radius 2 is 1.75 bits per heavy atom. The van der Waals surface area contributed by atoms with E-state index in [2.05, 4.69) is 28.2 Å². The molecule has 0 radical (unpaired) electrons. The Balaban J connectivity index is 2.03. The molecule has 1 N–H and O–H groups in total. The normalized spacial score (nSPS) is 10.1. The van der Waals surface area contributed by atoms with Crippen molar-refractivity contribution in [3.05, 3.63) is 59.7 Å². The second-order valence-electron chi connectivity index (χ2n) is 4.28. The first-order valence-corrected chi connectivity index (χ1v) is 7.54. The first-order chi connectivity index (χ1) is 9.72. The monoisotopic (exact) mass is 333 g/mol. The molecule has 3 nitrogen and oxygen atoms in total. The fourth-order valence-electron chi connectivity index (χ4n) is 1.79. The van der Waals surface area contributed by atoms with Crippen molar-refractivity contribution in [1.82, 2.24) is 0 Å². The molecule has 1 amide bonds. The van der Waals surface area contributed by atoms with Gasteiger partial charge in [-0.05, 0) is 64.3 Å². The topological polar surface area (TPSA) is 38.3 Å². The Kier molecular flexibility index (Phi) is 5.18. The maximum Gasteiger partial charge on any atom is 0.255 e. The van der Waals surface area contributed by atoms with Crippen molar-refractivity contribution in [2.45, 2.75) is 13.3 Å². The molecule has 0 aliphatic heterocycles. The SMILES string of the molecule is CCc1ccc(NC(=O)c2ccc(OCBr)cc2)cc1. The van der Waals surface area contributed by atoms with E-state index in [0.717, 1.165) is 17.9 Å². The summed E-state index contributed by atoms with van der Waals surface area (Å²) in [5, 5.41) is 2.87. The van der Waals surface area contributed by atoms with Crippen LogP contribution in [0, 0.1) is 0 Å². The smallest absolute Gasteiger partial charge is 0.255 e. The highest BCUT2D eigenvalue weighted by molar-refractivity contribution is 9.09. The minimum atomic E-state index is -0.125. The molecule has 0 bridgehead atoms. The summed E-state index contributed by atoms with van der Waals surface area (Å²) in [6.45, 7) is 2.10. The van der Waals surface area contributed by atoms with Crippen LogP contribution in [0.3, 0.4) is 0 Å². The van der Waals surface area contributed by atoms with Crippen molar-refractivity contribution >= 4 is 27.5 Å². The van der Waals surface area contributed by atoms with Crippen LogP contribution in [0.4, 0.5) is 5.69 Å². The lowest BCUT2D eigenvalue weighted by Crippen LogP contribution is -2.11. The number of benzene rings is 2. The summed E-state index contributed by atoms with van der Waals surface area (Å²) in [5.74, 6) is 0.602. The number of alkyl halides is 1. The number of carbonyl (C=O) groups is 1. The van der Waals surface area contributed by atoms with E-state index in [1.165, 1.54) is 5.56 Å². The molecule has 104 valence electrons. The molecule has 0 saturated heterocycles. The molecule has 4 heteroatoms. The van der Waals surface area contributed by atoms with Crippen LogP contribution in [0.25, 0.3) is 0 Å². The highest BCUT2D eigenvalue weighted by atomic mass is 79.9. The maximum atomic E-state index is 12.1. The Labute approximate surface area is 127 Å². The standard InChI is InChI=1S/C16H16BrNO2/c1-2-12-3-7-14(8-4-12)18-16(19)13-5-9-15(10-6-13)20-11-17/h3-10H,2,11H2,1H3,(H,18,19). The first-order valence-electron chi connectivity index (χ1n) is 6.42. The van der Waals surface area contributed by atoms with E-state index >= 15 is 0 Å². The number of amides is 1. The number of hydrogen-bond donors (Lipinski definition) is 1. The van der Waals surface area contributed by atoms with Gasteiger partial charge in [-0.3, -0.25) is 4.79 Å². The molecule has 2 aromatic rings. The van der Waals surface area contributed by atoms with Crippen LogP contribution in [-0.4, -0.2) is 11.4 Å². The average Bonchev–Trinajstić information content (AvgIpc) is 2.49. The van der Waals surface area contributed by atoms with Gasteiger partial charge in [-0.15, -0.1) is 0 Å². The quantitative estimate of drug-likeness (QED) is 0.831. The predicted molar refractivity (Wildman–Crippen MR) is 84.6 cm³/mol. The number of hydrogen-bond acceptors (Lipinski definition) is 2. The zero-order valence-corrected chi connectivity index (χ0v) is 12.8. The summed E-state index contributed by atoms with van der Waals surface area (Å²) < 4.78 is 5.27. The van der Waals surface area contributed by atoms with Crippen LogP contribution in [0.5, 0.6) is 5.75 Å². The highest BCUT2D eigenvalue weighted by Gasteiger charge is 2.06. The van der Waals surface area contributed by atoms with Gasteiger partial charge in [0, 0.05) is 11.3 Å². The lowest BCUT2D eigenvalue weighted by atomic mass is 10.1. The summed E-state index contributed by atoms with van der Waals surface area (Å²) in [6, 6.07) is 14.9. The third kappa shape index (κ3) is 3.84. The summed E-state index contributed by atoms with van der Waals surface area (Å²) in [7, 11) is 0. The minimum Gasteiger partial charge on any atom is -0.482 e. The molecule has 0 atom stereocenters. The van der Waals surface area contributed by atoms with Crippen molar-refractivity contribution in [3.63, 3.8) is 0 Å². The lowest BCUT2D eigenvalue weighted by molar-refractivity contribution is 0.102.